The van der Waals surface area contributed by atoms with Crippen LogP contribution in [0.1, 0.15) is 12.5 Å². The summed E-state index contributed by atoms with van der Waals surface area (Å²) in [5, 5.41) is 11.3. The van der Waals surface area contributed by atoms with Gasteiger partial charge >= 0.3 is 0 Å². The van der Waals surface area contributed by atoms with Crippen LogP contribution in [0.2, 0.25) is 0 Å². The molecular weight excluding hydrogens is 358 g/mol. The van der Waals surface area contributed by atoms with Crippen LogP contribution in [-0.2, 0) is 17.8 Å². The molecule has 146 valence electrons. The number of carbonyl (C=O) groups is 1. The third kappa shape index (κ3) is 3.47. The predicted molar refractivity (Wildman–Crippen MR) is 104 cm³/mol. The summed E-state index contributed by atoms with van der Waals surface area (Å²) in [6.07, 6.45) is 2.31. The lowest BCUT2D eigenvalue weighted by Crippen LogP contribution is -2.54. The molecule has 9 nitrogen and oxygen atoms in total. The quantitative estimate of drug-likeness (QED) is 0.653. The fourth-order valence-corrected chi connectivity index (χ4v) is 3.31. The largest absolute Gasteiger partial charge is 0.497 e. The Morgan fingerprint density at radius 1 is 1.25 bits per heavy atom. The number of ether oxygens (including phenoxy) is 1. The molecule has 0 unspecified atom stereocenters. The SMILES string of the molecule is CCn1nnc2c(N3CC(C(=O)NCCc4ccc(OC)cc4)C3)ncnc21. The smallest absolute Gasteiger partial charge is 0.226 e. The molecule has 0 saturated carbocycles. The van der Waals surface area contributed by atoms with Gasteiger partial charge in [-0.3, -0.25) is 4.79 Å². The van der Waals surface area contributed by atoms with Crippen LogP contribution in [0.5, 0.6) is 5.75 Å². The van der Waals surface area contributed by atoms with Crippen LogP contribution in [-0.4, -0.2) is 57.6 Å². The molecule has 1 saturated heterocycles. The van der Waals surface area contributed by atoms with Gasteiger partial charge in [-0.25, -0.2) is 14.6 Å². The summed E-state index contributed by atoms with van der Waals surface area (Å²) in [7, 11) is 1.65. The number of rotatable bonds is 7. The Morgan fingerprint density at radius 2 is 2.04 bits per heavy atom. The van der Waals surface area contributed by atoms with Crippen LogP contribution in [0, 0.1) is 5.92 Å². The topological polar surface area (TPSA) is 98.1 Å². The Morgan fingerprint density at radius 3 is 2.75 bits per heavy atom. The first-order chi connectivity index (χ1) is 13.7. The number of anilines is 1. The van der Waals surface area contributed by atoms with E-state index in [1.54, 1.807) is 11.8 Å². The average molecular weight is 381 g/mol. The third-order valence-corrected chi connectivity index (χ3v) is 5.00. The maximum absolute atomic E-state index is 12.4. The van der Waals surface area contributed by atoms with Crippen molar-refractivity contribution in [1.82, 2.24) is 30.3 Å². The molecule has 3 heterocycles. The van der Waals surface area contributed by atoms with Gasteiger partial charge in [0.2, 0.25) is 5.91 Å². The zero-order chi connectivity index (χ0) is 19.5. The van der Waals surface area contributed by atoms with E-state index >= 15 is 0 Å². The lowest BCUT2D eigenvalue weighted by atomic mass is 9.99. The second kappa shape index (κ2) is 7.79. The number of benzene rings is 1. The molecule has 1 aliphatic rings. The summed E-state index contributed by atoms with van der Waals surface area (Å²) in [4.78, 5) is 23.0. The van der Waals surface area contributed by atoms with Crippen LogP contribution >= 0.6 is 0 Å². The minimum absolute atomic E-state index is 0.0397. The van der Waals surface area contributed by atoms with Gasteiger partial charge < -0.3 is 15.0 Å². The summed E-state index contributed by atoms with van der Waals surface area (Å²) < 4.78 is 6.89. The van der Waals surface area contributed by atoms with Gasteiger partial charge in [0.1, 0.15) is 12.1 Å². The van der Waals surface area contributed by atoms with Crippen molar-refractivity contribution in [2.45, 2.75) is 19.9 Å². The van der Waals surface area contributed by atoms with E-state index < -0.39 is 0 Å². The van der Waals surface area contributed by atoms with Crippen molar-refractivity contribution in [2.75, 3.05) is 31.6 Å². The van der Waals surface area contributed by atoms with E-state index in [1.807, 2.05) is 36.1 Å². The molecule has 0 radical (unpaired) electrons. The fourth-order valence-electron chi connectivity index (χ4n) is 3.31. The van der Waals surface area contributed by atoms with E-state index in [9.17, 15) is 4.79 Å². The fraction of sp³-hybridized carbons (Fsp3) is 0.421. The van der Waals surface area contributed by atoms with Gasteiger partial charge in [0.15, 0.2) is 17.0 Å². The number of nitrogens with one attached hydrogen (secondary N) is 1. The first-order valence-electron chi connectivity index (χ1n) is 9.39. The number of hydrogen-bond donors (Lipinski definition) is 1. The van der Waals surface area contributed by atoms with E-state index in [-0.39, 0.29) is 11.8 Å². The summed E-state index contributed by atoms with van der Waals surface area (Å²) in [6, 6.07) is 7.88. The van der Waals surface area contributed by atoms with Crippen LogP contribution in [0.25, 0.3) is 11.2 Å². The van der Waals surface area contributed by atoms with Gasteiger partial charge in [-0.1, -0.05) is 17.3 Å². The van der Waals surface area contributed by atoms with Crippen molar-refractivity contribution in [1.29, 1.82) is 0 Å². The number of aryl methyl sites for hydroxylation is 1. The molecule has 3 aromatic rings. The van der Waals surface area contributed by atoms with Gasteiger partial charge in [-0.2, -0.15) is 0 Å². The number of carbonyl (C=O) groups excluding carboxylic acids is 1. The van der Waals surface area contributed by atoms with Crippen molar-refractivity contribution in [3.05, 3.63) is 36.2 Å². The van der Waals surface area contributed by atoms with Gasteiger partial charge in [0, 0.05) is 26.2 Å². The maximum atomic E-state index is 12.4. The minimum atomic E-state index is -0.0397. The molecule has 0 spiro atoms. The van der Waals surface area contributed by atoms with Gasteiger partial charge in [-0.15, -0.1) is 5.10 Å². The molecule has 28 heavy (non-hydrogen) atoms. The van der Waals surface area contributed by atoms with Crippen LogP contribution in [0.4, 0.5) is 5.82 Å². The summed E-state index contributed by atoms with van der Waals surface area (Å²) in [5.41, 5.74) is 2.57. The monoisotopic (exact) mass is 381 g/mol. The zero-order valence-electron chi connectivity index (χ0n) is 16.0. The van der Waals surface area contributed by atoms with E-state index in [1.165, 1.54) is 11.9 Å². The van der Waals surface area contributed by atoms with Crippen LogP contribution < -0.4 is 15.0 Å². The molecule has 0 bridgehead atoms. The highest BCUT2D eigenvalue weighted by Gasteiger charge is 2.34. The normalized spacial score (nSPS) is 14.1. The average Bonchev–Trinajstić information content (AvgIpc) is 3.11. The minimum Gasteiger partial charge on any atom is -0.497 e. The molecule has 4 rings (SSSR count). The van der Waals surface area contributed by atoms with Crippen molar-refractivity contribution in [3.63, 3.8) is 0 Å². The van der Waals surface area contributed by atoms with E-state index in [2.05, 4.69) is 25.6 Å². The molecule has 0 atom stereocenters. The second-order valence-electron chi connectivity index (χ2n) is 6.77. The van der Waals surface area contributed by atoms with Crippen LogP contribution in [0.3, 0.4) is 0 Å². The van der Waals surface area contributed by atoms with Crippen LogP contribution in [0.15, 0.2) is 30.6 Å². The maximum Gasteiger partial charge on any atom is 0.226 e. The molecule has 9 heteroatoms. The van der Waals surface area contributed by atoms with E-state index in [4.69, 9.17) is 4.74 Å². The Labute approximate surface area is 162 Å². The highest BCUT2D eigenvalue weighted by atomic mass is 16.5. The van der Waals surface area contributed by atoms with Gasteiger partial charge in [0.05, 0.1) is 13.0 Å². The lowest BCUT2D eigenvalue weighted by molar-refractivity contribution is -0.125. The third-order valence-electron chi connectivity index (χ3n) is 5.00. The number of fused-ring (bicyclic) bond motifs is 1. The molecule has 1 fully saturated rings. The van der Waals surface area contributed by atoms with Crippen molar-refractivity contribution in [2.24, 2.45) is 5.92 Å². The van der Waals surface area contributed by atoms with Crippen molar-refractivity contribution in [3.8, 4) is 5.75 Å². The summed E-state index contributed by atoms with van der Waals surface area (Å²) in [5.74, 6) is 1.61. The molecule has 2 aromatic heterocycles. The molecule has 1 aromatic carbocycles. The number of methoxy groups -OCH3 is 1. The summed E-state index contributed by atoms with van der Waals surface area (Å²) >= 11 is 0. The van der Waals surface area contributed by atoms with E-state index in [0.717, 1.165) is 23.6 Å². The first-order valence-corrected chi connectivity index (χ1v) is 9.39. The molecule has 0 aliphatic carbocycles. The molecule has 1 amide bonds. The Bertz CT molecular complexity index is 964. The van der Waals surface area contributed by atoms with Crippen molar-refractivity contribution >= 4 is 22.9 Å². The Kier molecular flexibility index (Phi) is 5.05. The van der Waals surface area contributed by atoms with Gasteiger partial charge in [-0.05, 0) is 31.0 Å². The molecular formula is C19H23N7O2. The number of amides is 1. The number of nitrogens with zero attached hydrogens (tertiary/aromatic N) is 6. The van der Waals surface area contributed by atoms with E-state index in [0.29, 0.717) is 31.7 Å². The Balaban J connectivity index is 1.29. The number of hydrogen-bond acceptors (Lipinski definition) is 7. The predicted octanol–water partition coefficient (Wildman–Crippen LogP) is 1.04. The summed E-state index contributed by atoms with van der Waals surface area (Å²) in [6.45, 7) is 4.56. The lowest BCUT2D eigenvalue weighted by Gasteiger charge is -2.38. The molecule has 1 aliphatic heterocycles. The molecule has 1 N–H and O–H groups in total. The Hall–Kier alpha value is -3.23. The number of aromatic nitrogens is 5. The standard InChI is InChI=1S/C19H23N7O2/c1-3-26-18-16(23-24-26)17(21-12-22-18)25-10-14(11-25)19(27)20-9-8-13-4-6-15(28-2)7-5-13/h4-7,12,14H,3,8-11H2,1-2H3,(H,20,27). The highest BCUT2D eigenvalue weighted by Crippen LogP contribution is 2.27. The van der Waals surface area contributed by atoms with Gasteiger partial charge in [0.25, 0.3) is 0 Å². The van der Waals surface area contributed by atoms with Crippen molar-refractivity contribution < 1.29 is 9.53 Å². The zero-order valence-corrected chi connectivity index (χ0v) is 16.0. The first kappa shape index (κ1) is 18.1. The second-order valence-corrected chi connectivity index (χ2v) is 6.77. The highest BCUT2D eigenvalue weighted by molar-refractivity contribution is 5.86.